The number of hydrogen-bond donors (Lipinski definition) is 4. The lowest BCUT2D eigenvalue weighted by Crippen LogP contribution is -2.60. The van der Waals surface area contributed by atoms with Crippen molar-refractivity contribution < 1.29 is 29.9 Å². The summed E-state index contributed by atoms with van der Waals surface area (Å²) in [6.45, 7) is -0.500. The first kappa shape index (κ1) is 14.5. The van der Waals surface area contributed by atoms with Gasteiger partial charge in [-0.15, -0.1) is 0 Å². The largest absolute Gasteiger partial charge is 0.462 e. The zero-order valence-electron chi connectivity index (χ0n) is 9.89. The predicted molar refractivity (Wildman–Crippen MR) is 65.8 cm³/mol. The van der Waals surface area contributed by atoms with Crippen LogP contribution in [0, 0.1) is 0 Å². The van der Waals surface area contributed by atoms with Crippen LogP contribution in [0.3, 0.4) is 0 Å². The number of aliphatic hydroxyl groups excluding tert-OH is 4. The molecule has 1 aliphatic heterocycles. The normalized spacial score (nSPS) is 35.1. The molecule has 1 heterocycles. The fourth-order valence-electron chi connectivity index (χ4n) is 1.84. The smallest absolute Gasteiger partial charge is 0.229 e. The summed E-state index contributed by atoms with van der Waals surface area (Å²) in [5.74, 6) is 0.344. The van der Waals surface area contributed by atoms with E-state index in [2.05, 4.69) is 0 Å². The lowest BCUT2D eigenvalue weighted by atomic mass is 9.99. The molecular weight excluding hydrogens is 276 g/mol. The van der Waals surface area contributed by atoms with Gasteiger partial charge in [-0.2, -0.15) is 0 Å². The van der Waals surface area contributed by atoms with Gasteiger partial charge in [0.15, 0.2) is 0 Å². The molecule has 7 heteroatoms. The van der Waals surface area contributed by atoms with Crippen molar-refractivity contribution in [1.29, 1.82) is 0 Å². The summed E-state index contributed by atoms with van der Waals surface area (Å²) in [7, 11) is 0. The highest BCUT2D eigenvalue weighted by Crippen LogP contribution is 2.25. The number of hydrogen-bond acceptors (Lipinski definition) is 6. The molecule has 1 aromatic carbocycles. The molecule has 0 radical (unpaired) electrons. The molecule has 1 fully saturated rings. The summed E-state index contributed by atoms with van der Waals surface area (Å²) in [4.78, 5) is 0. The van der Waals surface area contributed by atoms with E-state index in [9.17, 15) is 15.3 Å². The average Bonchev–Trinajstić information content (AvgIpc) is 2.39. The van der Waals surface area contributed by atoms with Gasteiger partial charge in [-0.05, 0) is 18.2 Å². The maximum Gasteiger partial charge on any atom is 0.229 e. The molecule has 6 nitrogen and oxygen atoms in total. The zero-order valence-corrected chi connectivity index (χ0v) is 10.6. The van der Waals surface area contributed by atoms with E-state index in [1.54, 1.807) is 18.2 Å². The van der Waals surface area contributed by atoms with Crippen molar-refractivity contribution in [2.75, 3.05) is 6.61 Å². The van der Waals surface area contributed by atoms with E-state index in [-0.39, 0.29) is 0 Å². The van der Waals surface area contributed by atoms with Crippen molar-refractivity contribution >= 4 is 11.6 Å². The molecule has 1 aliphatic rings. The molecule has 0 aromatic heterocycles. The number of rotatable bonds is 3. The van der Waals surface area contributed by atoms with Crippen LogP contribution in [0.5, 0.6) is 5.75 Å². The number of benzene rings is 1. The van der Waals surface area contributed by atoms with Gasteiger partial charge in [-0.3, -0.25) is 0 Å². The number of ether oxygens (including phenoxy) is 2. The van der Waals surface area contributed by atoms with Gasteiger partial charge < -0.3 is 29.9 Å². The van der Waals surface area contributed by atoms with Crippen molar-refractivity contribution in [3.8, 4) is 5.75 Å². The van der Waals surface area contributed by atoms with Crippen LogP contribution >= 0.6 is 11.6 Å². The minimum Gasteiger partial charge on any atom is -0.462 e. The Morgan fingerprint density at radius 1 is 1.16 bits per heavy atom. The average molecular weight is 291 g/mol. The third-order valence-electron chi connectivity index (χ3n) is 2.90. The Bertz CT molecular complexity index is 426. The predicted octanol–water partition coefficient (Wildman–Crippen LogP) is -0.481. The van der Waals surface area contributed by atoms with E-state index >= 15 is 0 Å². The summed E-state index contributed by atoms with van der Waals surface area (Å²) >= 11 is 5.79. The minimum absolute atomic E-state index is 0.344. The van der Waals surface area contributed by atoms with E-state index in [1.165, 1.54) is 6.07 Å². The van der Waals surface area contributed by atoms with Crippen LogP contribution in [0.4, 0.5) is 0 Å². The van der Waals surface area contributed by atoms with Crippen molar-refractivity contribution in [3.05, 3.63) is 29.3 Å². The van der Waals surface area contributed by atoms with Crippen LogP contribution in [0.2, 0.25) is 5.02 Å². The maximum absolute atomic E-state index is 9.78. The van der Waals surface area contributed by atoms with Crippen molar-refractivity contribution in [1.82, 2.24) is 0 Å². The standard InChI is InChI=1S/C12H15ClO6/c13-6-2-1-3-7(4-6)18-12-11(17)10(16)9(15)8(5-14)19-12/h1-4,8-12,14-17H,5H2/t8-,9-,10+,11-,12+/m0/s1. The summed E-state index contributed by atoms with van der Waals surface area (Å²) in [5.41, 5.74) is 0. The Labute approximate surface area is 114 Å². The second kappa shape index (κ2) is 6.04. The summed E-state index contributed by atoms with van der Waals surface area (Å²) in [6, 6.07) is 6.43. The molecule has 0 amide bonds. The van der Waals surface area contributed by atoms with E-state index in [4.69, 9.17) is 26.2 Å². The van der Waals surface area contributed by atoms with Gasteiger partial charge in [0, 0.05) is 5.02 Å². The van der Waals surface area contributed by atoms with Crippen LogP contribution in [-0.2, 0) is 4.74 Å². The van der Waals surface area contributed by atoms with Crippen LogP contribution in [0.15, 0.2) is 24.3 Å². The molecule has 0 saturated carbocycles. The molecule has 5 atom stereocenters. The van der Waals surface area contributed by atoms with Crippen molar-refractivity contribution in [2.45, 2.75) is 30.7 Å². The first-order chi connectivity index (χ1) is 9.02. The van der Waals surface area contributed by atoms with Crippen LogP contribution in [0.25, 0.3) is 0 Å². The number of halogens is 1. The molecule has 1 saturated heterocycles. The van der Waals surface area contributed by atoms with Gasteiger partial charge in [0.2, 0.25) is 6.29 Å². The highest BCUT2D eigenvalue weighted by molar-refractivity contribution is 6.30. The molecule has 0 bridgehead atoms. The summed E-state index contributed by atoms with van der Waals surface area (Å²) < 4.78 is 10.6. The van der Waals surface area contributed by atoms with Gasteiger partial charge in [-0.25, -0.2) is 0 Å². The first-order valence-corrected chi connectivity index (χ1v) is 6.13. The third-order valence-corrected chi connectivity index (χ3v) is 3.13. The van der Waals surface area contributed by atoms with Gasteiger partial charge >= 0.3 is 0 Å². The monoisotopic (exact) mass is 290 g/mol. The third kappa shape index (κ3) is 3.17. The Morgan fingerprint density at radius 2 is 1.89 bits per heavy atom. The second-order valence-electron chi connectivity index (χ2n) is 4.27. The second-order valence-corrected chi connectivity index (χ2v) is 4.71. The summed E-state index contributed by atoms with van der Waals surface area (Å²) in [6.07, 6.45) is -6.50. The number of aliphatic hydroxyl groups is 4. The lowest BCUT2D eigenvalue weighted by Gasteiger charge is -2.39. The summed E-state index contributed by atoms with van der Waals surface area (Å²) in [5, 5.41) is 38.5. The van der Waals surface area contributed by atoms with E-state index in [0.29, 0.717) is 10.8 Å². The fourth-order valence-corrected chi connectivity index (χ4v) is 2.02. The molecule has 0 unspecified atom stereocenters. The molecule has 0 spiro atoms. The highest BCUT2D eigenvalue weighted by atomic mass is 35.5. The van der Waals surface area contributed by atoms with Crippen molar-refractivity contribution in [2.24, 2.45) is 0 Å². The van der Waals surface area contributed by atoms with Crippen LogP contribution in [0.1, 0.15) is 0 Å². The van der Waals surface area contributed by atoms with E-state index in [1.807, 2.05) is 0 Å². The topological polar surface area (TPSA) is 99.4 Å². The van der Waals surface area contributed by atoms with Gasteiger partial charge in [0.1, 0.15) is 30.2 Å². The molecule has 0 aliphatic carbocycles. The van der Waals surface area contributed by atoms with E-state index in [0.717, 1.165) is 0 Å². The van der Waals surface area contributed by atoms with Gasteiger partial charge in [0.05, 0.1) is 6.61 Å². The molecule has 2 rings (SSSR count). The Kier molecular flexibility index (Phi) is 4.62. The van der Waals surface area contributed by atoms with E-state index < -0.39 is 37.3 Å². The Morgan fingerprint density at radius 3 is 2.53 bits per heavy atom. The lowest BCUT2D eigenvalue weighted by molar-refractivity contribution is -0.277. The first-order valence-electron chi connectivity index (χ1n) is 5.75. The quantitative estimate of drug-likeness (QED) is 0.600. The maximum atomic E-state index is 9.78. The van der Waals surface area contributed by atoms with Gasteiger partial charge in [0.25, 0.3) is 0 Å². The Balaban J connectivity index is 2.10. The molecule has 1 aromatic rings. The van der Waals surface area contributed by atoms with Gasteiger partial charge in [-0.1, -0.05) is 17.7 Å². The SMILES string of the molecule is OC[C@@H]1O[C@@H](Oc2cccc(Cl)c2)[C@@H](O)[C@H](O)[C@H]1O. The highest BCUT2D eigenvalue weighted by Gasteiger charge is 2.44. The van der Waals surface area contributed by atoms with Crippen molar-refractivity contribution in [3.63, 3.8) is 0 Å². The molecule has 19 heavy (non-hydrogen) atoms. The molecule has 106 valence electrons. The zero-order chi connectivity index (χ0) is 14.0. The minimum atomic E-state index is -1.46. The van der Waals surface area contributed by atoms with Crippen LogP contribution in [-0.4, -0.2) is 57.7 Å². The van der Waals surface area contributed by atoms with Crippen LogP contribution < -0.4 is 4.74 Å². The molecular formula is C12H15ClO6. The molecule has 4 N–H and O–H groups in total. The fraction of sp³-hybridized carbons (Fsp3) is 0.500. The Hall–Kier alpha value is -0.890.